The van der Waals surface area contributed by atoms with E-state index in [2.05, 4.69) is 0 Å². The van der Waals surface area contributed by atoms with Crippen LogP contribution < -0.4 is 0 Å². The molecule has 0 aliphatic rings. The second kappa shape index (κ2) is 4.88. The molecule has 0 N–H and O–H groups in total. The highest BCUT2D eigenvalue weighted by molar-refractivity contribution is 14.1. The molecule has 1 aromatic rings. The second-order valence-electron chi connectivity index (χ2n) is 2.74. The van der Waals surface area contributed by atoms with Crippen molar-refractivity contribution in [3.63, 3.8) is 0 Å². The average molecular weight is 324 g/mol. The molecule has 0 amide bonds. The van der Waals surface area contributed by atoms with Crippen molar-refractivity contribution in [1.82, 2.24) is 0 Å². The third kappa shape index (κ3) is 3.38. The van der Waals surface area contributed by atoms with Gasteiger partial charge in [-0.1, -0.05) is 18.2 Å². The first-order chi connectivity index (χ1) is 6.52. The van der Waals surface area contributed by atoms with Gasteiger partial charge in [-0.2, -0.15) is 0 Å². The highest BCUT2D eigenvalue weighted by Gasteiger charge is 2.14. The Balaban J connectivity index is 2.82. The Labute approximate surface area is 96.6 Å². The maximum atomic E-state index is 11.6. The maximum absolute atomic E-state index is 11.6. The van der Waals surface area contributed by atoms with Gasteiger partial charge in [-0.15, -0.1) is 0 Å². The molecule has 5 heteroatoms. The summed E-state index contributed by atoms with van der Waals surface area (Å²) in [5, 5.41) is 0. The van der Waals surface area contributed by atoms with Crippen molar-refractivity contribution < 1.29 is 13.2 Å². The van der Waals surface area contributed by atoms with Crippen LogP contribution in [0.3, 0.4) is 0 Å². The normalized spacial score (nSPS) is 11.2. The van der Waals surface area contributed by atoms with E-state index in [1.807, 2.05) is 0 Å². The number of carbonyl (C=O) groups excluding carboxylic acids is 1. The number of hydrogen-bond donors (Lipinski definition) is 0. The van der Waals surface area contributed by atoms with Crippen LogP contribution in [0.1, 0.15) is 6.42 Å². The van der Waals surface area contributed by atoms with Gasteiger partial charge >= 0.3 is 0 Å². The summed E-state index contributed by atoms with van der Waals surface area (Å²) in [6.07, 6.45) is 0.0672. The lowest BCUT2D eigenvalue weighted by atomic mass is 10.4. The first kappa shape index (κ1) is 11.6. The number of benzene rings is 1. The Morgan fingerprint density at radius 3 is 2.29 bits per heavy atom. The molecule has 0 radical (unpaired) electrons. The average Bonchev–Trinajstić information content (AvgIpc) is 2.16. The molecule has 0 heterocycles. The topological polar surface area (TPSA) is 51.2 Å². The molecule has 3 nitrogen and oxygen atoms in total. The standard InChI is InChI=1S/C9H9IO3S/c10-9(11)6-7-14(12,13)8-4-2-1-3-5-8/h1-5H,6-7H2. The quantitative estimate of drug-likeness (QED) is 0.627. The Morgan fingerprint density at radius 2 is 1.79 bits per heavy atom. The van der Waals surface area contributed by atoms with Crippen LogP contribution in [0, 0.1) is 0 Å². The lowest BCUT2D eigenvalue weighted by Crippen LogP contribution is -2.08. The summed E-state index contributed by atoms with van der Waals surface area (Å²) >= 11 is 1.60. The summed E-state index contributed by atoms with van der Waals surface area (Å²) in [5.41, 5.74) is 0. The van der Waals surface area contributed by atoms with Crippen LogP contribution in [-0.2, 0) is 14.6 Å². The first-order valence-corrected chi connectivity index (χ1v) is 6.71. The molecule has 0 saturated carbocycles. The van der Waals surface area contributed by atoms with Gasteiger partial charge in [-0.25, -0.2) is 8.42 Å². The molecule has 0 aliphatic heterocycles. The van der Waals surface area contributed by atoms with E-state index in [0.717, 1.165) is 0 Å². The summed E-state index contributed by atoms with van der Waals surface area (Å²) in [5.74, 6) is -0.112. The van der Waals surface area contributed by atoms with Crippen molar-refractivity contribution in [3.05, 3.63) is 30.3 Å². The van der Waals surface area contributed by atoms with E-state index in [0.29, 0.717) is 0 Å². The minimum absolute atomic E-state index is 0.0672. The van der Waals surface area contributed by atoms with E-state index in [1.165, 1.54) is 12.1 Å². The smallest absolute Gasteiger partial charge is 0.193 e. The number of sulfone groups is 1. The Kier molecular flexibility index (Phi) is 4.06. The van der Waals surface area contributed by atoms with Crippen LogP contribution in [0.4, 0.5) is 0 Å². The van der Waals surface area contributed by atoms with Gasteiger partial charge in [0.05, 0.1) is 10.6 Å². The molecule has 0 spiro atoms. The Morgan fingerprint density at radius 1 is 1.21 bits per heavy atom. The van der Waals surface area contributed by atoms with E-state index in [4.69, 9.17) is 0 Å². The predicted molar refractivity (Wildman–Crippen MR) is 62.1 cm³/mol. The molecule has 0 atom stereocenters. The lowest BCUT2D eigenvalue weighted by molar-refractivity contribution is -0.109. The van der Waals surface area contributed by atoms with Crippen molar-refractivity contribution in [1.29, 1.82) is 0 Å². The van der Waals surface area contributed by atoms with E-state index in [-0.39, 0.29) is 20.9 Å². The number of carbonyl (C=O) groups is 1. The largest absolute Gasteiger partial charge is 0.288 e. The number of rotatable bonds is 4. The van der Waals surface area contributed by atoms with Gasteiger partial charge in [0, 0.05) is 6.42 Å². The second-order valence-corrected chi connectivity index (χ2v) is 6.05. The van der Waals surface area contributed by atoms with Crippen LogP contribution in [0.25, 0.3) is 0 Å². The SMILES string of the molecule is O=C(I)CCS(=O)(=O)c1ccccc1. The van der Waals surface area contributed by atoms with Crippen LogP contribution in [0.2, 0.25) is 0 Å². The van der Waals surface area contributed by atoms with Crippen molar-refractivity contribution >= 4 is 36.2 Å². The Hall–Kier alpha value is -0.430. The van der Waals surface area contributed by atoms with E-state index >= 15 is 0 Å². The first-order valence-electron chi connectivity index (χ1n) is 3.98. The van der Waals surface area contributed by atoms with Crippen molar-refractivity contribution in [3.8, 4) is 0 Å². The summed E-state index contributed by atoms with van der Waals surface area (Å²) in [7, 11) is -3.28. The van der Waals surface area contributed by atoms with Crippen molar-refractivity contribution in [2.24, 2.45) is 0 Å². The fraction of sp³-hybridized carbons (Fsp3) is 0.222. The van der Waals surface area contributed by atoms with Crippen molar-refractivity contribution in [2.45, 2.75) is 11.3 Å². The molecule has 76 valence electrons. The van der Waals surface area contributed by atoms with Gasteiger partial charge in [0.1, 0.15) is 0 Å². The zero-order valence-electron chi connectivity index (χ0n) is 7.31. The molecule has 0 aromatic heterocycles. The molecule has 0 aliphatic carbocycles. The molecule has 14 heavy (non-hydrogen) atoms. The third-order valence-corrected chi connectivity index (χ3v) is 3.94. The summed E-state index contributed by atoms with van der Waals surface area (Å²) < 4.78 is 23.0. The van der Waals surface area contributed by atoms with E-state index in [1.54, 1.807) is 40.8 Å². The highest BCUT2D eigenvalue weighted by atomic mass is 127. The molecule has 0 fully saturated rings. The molecule has 0 bridgehead atoms. The minimum atomic E-state index is -3.28. The predicted octanol–water partition coefficient (Wildman–Crippen LogP) is 1.81. The third-order valence-electron chi connectivity index (χ3n) is 1.67. The lowest BCUT2D eigenvalue weighted by Gasteiger charge is -2.01. The van der Waals surface area contributed by atoms with Gasteiger partial charge < -0.3 is 0 Å². The zero-order valence-corrected chi connectivity index (χ0v) is 10.3. The van der Waals surface area contributed by atoms with Gasteiger partial charge in [0.15, 0.2) is 13.6 Å². The van der Waals surface area contributed by atoms with Crippen molar-refractivity contribution in [2.75, 3.05) is 5.75 Å². The molecular formula is C9H9IO3S. The Bertz CT molecular complexity index is 411. The monoisotopic (exact) mass is 324 g/mol. The van der Waals surface area contributed by atoms with Crippen LogP contribution in [-0.4, -0.2) is 18.0 Å². The minimum Gasteiger partial charge on any atom is -0.288 e. The van der Waals surface area contributed by atoms with E-state index in [9.17, 15) is 13.2 Å². The van der Waals surface area contributed by atoms with Gasteiger partial charge in [0.2, 0.25) is 0 Å². The fourth-order valence-corrected chi connectivity index (χ4v) is 2.86. The van der Waals surface area contributed by atoms with Gasteiger partial charge in [-0.05, 0) is 34.7 Å². The van der Waals surface area contributed by atoms with Gasteiger partial charge in [-0.3, -0.25) is 4.79 Å². The molecule has 1 rings (SSSR count). The van der Waals surface area contributed by atoms with Gasteiger partial charge in [0.25, 0.3) is 0 Å². The summed E-state index contributed by atoms with van der Waals surface area (Å²) in [6.45, 7) is 0. The number of halogens is 1. The highest BCUT2D eigenvalue weighted by Crippen LogP contribution is 2.11. The maximum Gasteiger partial charge on any atom is 0.193 e. The molecule has 1 aromatic carbocycles. The number of hydrogen-bond acceptors (Lipinski definition) is 3. The molecular weight excluding hydrogens is 315 g/mol. The molecule has 0 unspecified atom stereocenters. The summed E-state index contributed by atoms with van der Waals surface area (Å²) in [4.78, 5) is 10.9. The fourth-order valence-electron chi connectivity index (χ4n) is 0.960. The molecule has 0 saturated heterocycles. The zero-order chi connectivity index (χ0) is 10.6. The van der Waals surface area contributed by atoms with Crippen LogP contribution in [0.15, 0.2) is 35.2 Å². The van der Waals surface area contributed by atoms with E-state index < -0.39 is 9.84 Å². The van der Waals surface area contributed by atoms with Crippen LogP contribution >= 0.6 is 22.6 Å². The summed E-state index contributed by atoms with van der Waals surface area (Å²) in [6, 6.07) is 8.15. The van der Waals surface area contributed by atoms with Crippen LogP contribution in [0.5, 0.6) is 0 Å².